The van der Waals surface area contributed by atoms with Gasteiger partial charge >= 0.3 is 5.97 Å². The first kappa shape index (κ1) is 15.1. The molecule has 0 fully saturated rings. The molecule has 21 heavy (non-hydrogen) atoms. The van der Waals surface area contributed by atoms with E-state index in [0.717, 1.165) is 25.1 Å². The maximum absolute atomic E-state index is 11.0. The summed E-state index contributed by atoms with van der Waals surface area (Å²) >= 11 is 0. The van der Waals surface area contributed by atoms with Gasteiger partial charge in [0.15, 0.2) is 0 Å². The number of rotatable bonds is 7. The summed E-state index contributed by atoms with van der Waals surface area (Å²) in [5.41, 5.74) is 3.44. The van der Waals surface area contributed by atoms with E-state index in [-0.39, 0.29) is 6.54 Å². The van der Waals surface area contributed by atoms with Gasteiger partial charge in [0.2, 0.25) is 0 Å². The first-order valence-corrected chi connectivity index (χ1v) is 7.22. The number of carboxylic acids is 1. The molecule has 0 unspecified atom stereocenters. The Morgan fingerprint density at radius 2 is 1.71 bits per heavy atom. The lowest BCUT2D eigenvalue weighted by molar-refractivity contribution is -0.135. The van der Waals surface area contributed by atoms with Crippen LogP contribution in [-0.4, -0.2) is 24.2 Å². The molecule has 0 bridgehead atoms. The highest BCUT2D eigenvalue weighted by Crippen LogP contribution is 2.16. The van der Waals surface area contributed by atoms with Crippen molar-refractivity contribution < 1.29 is 9.90 Å². The van der Waals surface area contributed by atoms with Gasteiger partial charge in [-0.2, -0.15) is 0 Å². The molecule has 3 nitrogen and oxygen atoms in total. The molecule has 0 atom stereocenters. The Labute approximate surface area is 125 Å². The van der Waals surface area contributed by atoms with Crippen molar-refractivity contribution in [2.45, 2.75) is 19.8 Å². The number of nitrogens with zero attached hydrogens (tertiary/aromatic N) is 1. The fourth-order valence-electron chi connectivity index (χ4n) is 2.34. The zero-order valence-corrected chi connectivity index (χ0v) is 12.3. The van der Waals surface area contributed by atoms with Crippen LogP contribution in [0.15, 0.2) is 54.6 Å². The van der Waals surface area contributed by atoms with Crippen LogP contribution in [0.5, 0.6) is 0 Å². The van der Waals surface area contributed by atoms with Crippen molar-refractivity contribution in [3.8, 4) is 0 Å². The van der Waals surface area contributed by atoms with Crippen LogP contribution in [0.25, 0.3) is 0 Å². The number of anilines is 1. The summed E-state index contributed by atoms with van der Waals surface area (Å²) in [6.07, 6.45) is 1.90. The lowest BCUT2D eigenvalue weighted by Crippen LogP contribution is -2.30. The Hall–Kier alpha value is -2.29. The fraction of sp³-hybridized carbons (Fsp3) is 0.278. The second-order valence-electron chi connectivity index (χ2n) is 5.24. The molecule has 0 spiro atoms. The van der Waals surface area contributed by atoms with E-state index in [9.17, 15) is 4.79 Å². The van der Waals surface area contributed by atoms with Crippen LogP contribution >= 0.6 is 0 Å². The second-order valence-corrected chi connectivity index (χ2v) is 5.24. The van der Waals surface area contributed by atoms with Crippen LogP contribution in [0.2, 0.25) is 0 Å². The second kappa shape index (κ2) is 7.48. The van der Waals surface area contributed by atoms with Gasteiger partial charge < -0.3 is 10.0 Å². The molecule has 2 aromatic carbocycles. The molecule has 0 amide bonds. The summed E-state index contributed by atoms with van der Waals surface area (Å²) in [5, 5.41) is 9.07. The topological polar surface area (TPSA) is 40.5 Å². The van der Waals surface area contributed by atoms with E-state index >= 15 is 0 Å². The molecule has 0 heterocycles. The standard InChI is InChI=1S/C18H21NO2/c1-15-9-11-17(12-10-15)19(14-18(20)21)13-5-8-16-6-3-2-4-7-16/h2-4,6-7,9-12H,5,8,13-14H2,1H3,(H,20,21). The van der Waals surface area contributed by atoms with E-state index < -0.39 is 5.97 Å². The van der Waals surface area contributed by atoms with Gasteiger partial charge in [0, 0.05) is 12.2 Å². The Morgan fingerprint density at radius 3 is 2.33 bits per heavy atom. The highest BCUT2D eigenvalue weighted by atomic mass is 16.4. The first-order chi connectivity index (χ1) is 10.1. The minimum absolute atomic E-state index is 0.0395. The molecule has 3 heteroatoms. The molecular formula is C18H21NO2. The molecule has 0 saturated carbocycles. The highest BCUT2D eigenvalue weighted by molar-refractivity contribution is 5.73. The molecule has 2 aromatic rings. The SMILES string of the molecule is Cc1ccc(N(CCCc2ccccc2)CC(=O)O)cc1. The van der Waals surface area contributed by atoms with Crippen molar-refractivity contribution in [2.24, 2.45) is 0 Å². The van der Waals surface area contributed by atoms with Crippen LogP contribution in [-0.2, 0) is 11.2 Å². The Bertz CT molecular complexity index is 564. The van der Waals surface area contributed by atoms with Gasteiger partial charge in [-0.1, -0.05) is 48.0 Å². The lowest BCUT2D eigenvalue weighted by Gasteiger charge is -2.23. The van der Waals surface area contributed by atoms with Gasteiger partial charge in [-0.25, -0.2) is 0 Å². The van der Waals surface area contributed by atoms with Gasteiger partial charge in [-0.05, 0) is 37.5 Å². The monoisotopic (exact) mass is 283 g/mol. The van der Waals surface area contributed by atoms with Crippen molar-refractivity contribution in [3.63, 3.8) is 0 Å². The first-order valence-electron chi connectivity index (χ1n) is 7.22. The lowest BCUT2D eigenvalue weighted by atomic mass is 10.1. The minimum Gasteiger partial charge on any atom is -0.480 e. The van der Waals surface area contributed by atoms with Crippen LogP contribution in [0.4, 0.5) is 5.69 Å². The third-order valence-corrected chi connectivity index (χ3v) is 3.46. The molecule has 0 aromatic heterocycles. The summed E-state index contributed by atoms with van der Waals surface area (Å²) in [5.74, 6) is -0.796. The van der Waals surface area contributed by atoms with Crippen LogP contribution in [0.3, 0.4) is 0 Å². The van der Waals surface area contributed by atoms with Crippen LogP contribution < -0.4 is 4.90 Å². The average molecular weight is 283 g/mol. The normalized spacial score (nSPS) is 10.3. The summed E-state index contributed by atoms with van der Waals surface area (Å²) in [6, 6.07) is 18.3. The van der Waals surface area contributed by atoms with Gasteiger partial charge in [0.25, 0.3) is 0 Å². The van der Waals surface area contributed by atoms with Gasteiger partial charge in [-0.15, -0.1) is 0 Å². The molecule has 0 radical (unpaired) electrons. The summed E-state index contributed by atoms with van der Waals surface area (Å²) in [7, 11) is 0. The fourth-order valence-corrected chi connectivity index (χ4v) is 2.34. The molecule has 2 rings (SSSR count). The average Bonchev–Trinajstić information content (AvgIpc) is 2.48. The van der Waals surface area contributed by atoms with Crippen molar-refractivity contribution in [2.75, 3.05) is 18.0 Å². The molecule has 0 aliphatic rings. The maximum Gasteiger partial charge on any atom is 0.323 e. The molecule has 110 valence electrons. The Balaban J connectivity index is 1.96. The molecule has 0 aliphatic heterocycles. The zero-order valence-electron chi connectivity index (χ0n) is 12.3. The third kappa shape index (κ3) is 4.95. The van der Waals surface area contributed by atoms with Gasteiger partial charge in [0.1, 0.15) is 6.54 Å². The van der Waals surface area contributed by atoms with Crippen LogP contribution in [0.1, 0.15) is 17.5 Å². The van der Waals surface area contributed by atoms with E-state index in [2.05, 4.69) is 12.1 Å². The summed E-state index contributed by atoms with van der Waals surface area (Å²) in [4.78, 5) is 13.0. The van der Waals surface area contributed by atoms with Crippen molar-refractivity contribution in [1.29, 1.82) is 0 Å². The Kier molecular flexibility index (Phi) is 5.38. The van der Waals surface area contributed by atoms with E-state index in [4.69, 9.17) is 5.11 Å². The maximum atomic E-state index is 11.0. The number of hydrogen-bond donors (Lipinski definition) is 1. The number of carbonyl (C=O) groups is 1. The van der Waals surface area contributed by atoms with Crippen molar-refractivity contribution in [1.82, 2.24) is 0 Å². The molecule has 0 aliphatic carbocycles. The molecule has 0 saturated heterocycles. The summed E-state index contributed by atoms with van der Waals surface area (Å²) in [6.45, 7) is 2.81. The predicted molar refractivity (Wildman–Crippen MR) is 85.8 cm³/mol. The summed E-state index contributed by atoms with van der Waals surface area (Å²) < 4.78 is 0. The number of aryl methyl sites for hydroxylation is 2. The van der Waals surface area contributed by atoms with Crippen molar-refractivity contribution >= 4 is 11.7 Å². The van der Waals surface area contributed by atoms with E-state index in [1.165, 1.54) is 11.1 Å². The van der Waals surface area contributed by atoms with Crippen molar-refractivity contribution in [3.05, 3.63) is 65.7 Å². The number of aliphatic carboxylic acids is 1. The number of hydrogen-bond acceptors (Lipinski definition) is 2. The zero-order chi connectivity index (χ0) is 15.1. The smallest absolute Gasteiger partial charge is 0.323 e. The number of benzene rings is 2. The quantitative estimate of drug-likeness (QED) is 0.845. The van der Waals surface area contributed by atoms with Gasteiger partial charge in [-0.3, -0.25) is 4.79 Å². The minimum atomic E-state index is -0.796. The van der Waals surface area contributed by atoms with Crippen LogP contribution in [0, 0.1) is 6.92 Å². The highest BCUT2D eigenvalue weighted by Gasteiger charge is 2.10. The molecule has 1 N–H and O–H groups in total. The Morgan fingerprint density at radius 1 is 1.05 bits per heavy atom. The third-order valence-electron chi connectivity index (χ3n) is 3.46. The van der Waals surface area contributed by atoms with Gasteiger partial charge in [0.05, 0.1) is 0 Å². The van der Waals surface area contributed by atoms with E-state index in [1.807, 2.05) is 54.3 Å². The number of carboxylic acid groups (broad SMARTS) is 1. The van der Waals surface area contributed by atoms with E-state index in [0.29, 0.717) is 0 Å². The van der Waals surface area contributed by atoms with E-state index in [1.54, 1.807) is 0 Å². The molecular weight excluding hydrogens is 262 g/mol. The predicted octanol–water partition coefficient (Wildman–Crippen LogP) is 3.52. The largest absolute Gasteiger partial charge is 0.480 e.